The molecule has 0 rings (SSSR count). The summed E-state index contributed by atoms with van der Waals surface area (Å²) in [7, 11) is 0. The Bertz CT molecular complexity index is 150. The first-order valence-electron chi connectivity index (χ1n) is 4.38. The molecule has 0 amide bonds. The van der Waals surface area contributed by atoms with E-state index in [1.807, 2.05) is 0 Å². The zero-order chi connectivity index (χ0) is 12.4. The Morgan fingerprint density at radius 1 is 0.938 bits per heavy atom. The van der Waals surface area contributed by atoms with Gasteiger partial charge in [-0.3, -0.25) is 0 Å². The molecule has 0 aliphatic carbocycles. The van der Waals surface area contributed by atoms with Gasteiger partial charge in [0.1, 0.15) is 0 Å². The largest absolute Gasteiger partial charge is 2.00 e. The van der Waals surface area contributed by atoms with Crippen LogP contribution in [-0.4, -0.2) is 36.5 Å². The predicted molar refractivity (Wildman–Crippen MR) is 72.1 cm³/mol. The summed E-state index contributed by atoms with van der Waals surface area (Å²) in [6, 6.07) is 0. The summed E-state index contributed by atoms with van der Waals surface area (Å²) in [4.78, 5) is 0. The molecule has 0 atom stereocenters. The third-order valence-corrected chi connectivity index (χ3v) is 1.12. The van der Waals surface area contributed by atoms with E-state index in [1.165, 1.54) is 10.3 Å². The van der Waals surface area contributed by atoms with E-state index in [-0.39, 0.29) is 16.8 Å². The molecule has 0 aromatic heterocycles. The maximum atomic E-state index is 7.13. The summed E-state index contributed by atoms with van der Waals surface area (Å²) >= 11 is 7.40. The van der Waals surface area contributed by atoms with Gasteiger partial charge in [0.25, 0.3) is 0 Å². The van der Waals surface area contributed by atoms with E-state index < -0.39 is 0 Å². The minimum atomic E-state index is 0. The monoisotopic (exact) mass is 306 g/mol. The van der Waals surface area contributed by atoms with Crippen LogP contribution in [0, 0.1) is 0 Å². The SMILES string of the molecule is NCCCNCCCN.[Co+2].[N-]=C=S.[N-]=C=S. The molecule has 16 heavy (non-hydrogen) atoms. The Morgan fingerprint density at radius 3 is 1.38 bits per heavy atom. The molecular weight excluding hydrogens is 289 g/mol. The molecule has 5 nitrogen and oxygen atoms in total. The van der Waals surface area contributed by atoms with Crippen LogP contribution in [0.4, 0.5) is 0 Å². The number of nitrogens with one attached hydrogen (secondary N) is 1. The predicted octanol–water partition coefficient (Wildman–Crippen LogP) is 0.588. The minimum absolute atomic E-state index is 0. The average molecular weight is 306 g/mol. The second kappa shape index (κ2) is 36.3. The van der Waals surface area contributed by atoms with Crippen molar-refractivity contribution >= 4 is 34.8 Å². The first-order chi connectivity index (χ1) is 7.24. The second-order valence-corrected chi connectivity index (χ2v) is 2.58. The Balaban J connectivity index is -0.0000000870. The van der Waals surface area contributed by atoms with Crippen molar-refractivity contribution in [2.75, 3.05) is 26.2 Å². The molecule has 95 valence electrons. The fraction of sp³-hybridized carbons (Fsp3) is 0.750. The van der Waals surface area contributed by atoms with Gasteiger partial charge in [-0.2, -0.15) is 10.3 Å². The zero-order valence-electron chi connectivity index (χ0n) is 8.94. The van der Waals surface area contributed by atoms with Crippen LogP contribution in [0.15, 0.2) is 0 Å². The van der Waals surface area contributed by atoms with E-state index in [0.717, 1.165) is 39.0 Å². The molecule has 0 aromatic carbocycles. The van der Waals surface area contributed by atoms with E-state index in [2.05, 4.69) is 29.8 Å². The molecular formula is C8H17CoN5S2. The van der Waals surface area contributed by atoms with Gasteiger partial charge < -0.3 is 27.6 Å². The van der Waals surface area contributed by atoms with Crippen molar-refractivity contribution in [2.24, 2.45) is 11.5 Å². The molecule has 0 unspecified atom stereocenters. The molecule has 0 aromatic rings. The fourth-order valence-electron chi connectivity index (χ4n) is 0.579. The molecule has 5 N–H and O–H groups in total. The number of hydrogen-bond donors (Lipinski definition) is 3. The summed E-state index contributed by atoms with van der Waals surface area (Å²) in [5.74, 6) is 0. The van der Waals surface area contributed by atoms with Gasteiger partial charge in [0, 0.05) is 0 Å². The van der Waals surface area contributed by atoms with E-state index in [4.69, 9.17) is 22.3 Å². The number of nitrogens with two attached hydrogens (primary N) is 2. The van der Waals surface area contributed by atoms with E-state index in [9.17, 15) is 0 Å². The smallest absolute Gasteiger partial charge is 0.753 e. The van der Waals surface area contributed by atoms with Crippen LogP contribution in [0.5, 0.6) is 0 Å². The van der Waals surface area contributed by atoms with Crippen molar-refractivity contribution < 1.29 is 16.8 Å². The molecule has 0 fully saturated rings. The standard InChI is InChI=1S/C6H17N3.2CNS.Co/c7-3-1-5-9-6-2-4-8;2*2-1-3;/h9H,1-8H2;;;/q;2*-1;+2. The number of hydrogen-bond acceptors (Lipinski definition) is 5. The second-order valence-electron chi connectivity index (χ2n) is 2.22. The van der Waals surface area contributed by atoms with Crippen LogP contribution in [0.1, 0.15) is 12.8 Å². The first-order valence-corrected chi connectivity index (χ1v) is 5.20. The van der Waals surface area contributed by atoms with Gasteiger partial charge in [-0.25, -0.2) is 0 Å². The summed E-state index contributed by atoms with van der Waals surface area (Å²) in [5, 5.41) is 20.2. The Morgan fingerprint density at radius 2 is 1.19 bits per heavy atom. The zero-order valence-corrected chi connectivity index (χ0v) is 11.6. The Labute approximate surface area is 118 Å². The molecule has 0 aliphatic rings. The van der Waals surface area contributed by atoms with Gasteiger partial charge >= 0.3 is 16.8 Å². The molecule has 8 heteroatoms. The normalized spacial score (nSPS) is 6.62. The van der Waals surface area contributed by atoms with E-state index in [0.29, 0.717) is 0 Å². The van der Waals surface area contributed by atoms with E-state index in [1.54, 1.807) is 0 Å². The summed E-state index contributed by atoms with van der Waals surface area (Å²) in [6.07, 6.45) is 2.12. The molecule has 0 spiro atoms. The Hall–Kier alpha value is -0.0135. The molecule has 0 aliphatic heterocycles. The van der Waals surface area contributed by atoms with Crippen molar-refractivity contribution in [3.63, 3.8) is 0 Å². The molecule has 0 bridgehead atoms. The molecule has 1 radical (unpaired) electrons. The maximum absolute atomic E-state index is 7.13. The van der Waals surface area contributed by atoms with Crippen LogP contribution in [0.25, 0.3) is 10.8 Å². The van der Waals surface area contributed by atoms with Gasteiger partial charge in [-0.05, 0) is 39.0 Å². The minimum Gasteiger partial charge on any atom is -0.753 e. The quantitative estimate of drug-likeness (QED) is 0.378. The number of thiocarbonyl (C=S) groups is 2. The first kappa shape index (κ1) is 25.0. The van der Waals surface area contributed by atoms with Crippen molar-refractivity contribution in [2.45, 2.75) is 12.8 Å². The van der Waals surface area contributed by atoms with Crippen molar-refractivity contribution in [3.05, 3.63) is 10.8 Å². The van der Waals surface area contributed by atoms with Gasteiger partial charge in [-0.1, -0.05) is 24.4 Å². The average Bonchev–Trinajstić information content (AvgIpc) is 2.20. The maximum Gasteiger partial charge on any atom is 2.00 e. The number of isothiocyanates is 2. The van der Waals surface area contributed by atoms with Gasteiger partial charge in [-0.15, -0.1) is 0 Å². The van der Waals surface area contributed by atoms with Crippen molar-refractivity contribution in [3.8, 4) is 0 Å². The number of nitrogens with zero attached hydrogens (tertiary/aromatic N) is 2. The van der Waals surface area contributed by atoms with Crippen molar-refractivity contribution in [1.29, 1.82) is 0 Å². The summed E-state index contributed by atoms with van der Waals surface area (Å²) in [5.41, 5.74) is 10.6. The summed E-state index contributed by atoms with van der Waals surface area (Å²) < 4.78 is 0. The molecule has 0 heterocycles. The van der Waals surface area contributed by atoms with Crippen LogP contribution in [0.3, 0.4) is 0 Å². The topological polar surface area (TPSA) is 109 Å². The summed E-state index contributed by atoms with van der Waals surface area (Å²) in [6.45, 7) is 3.60. The molecule has 0 saturated heterocycles. The van der Waals surface area contributed by atoms with Crippen molar-refractivity contribution in [1.82, 2.24) is 5.32 Å². The van der Waals surface area contributed by atoms with Gasteiger partial charge in [0.15, 0.2) is 0 Å². The number of rotatable bonds is 6. The Kier molecular flexibility index (Phi) is 56.7. The van der Waals surface area contributed by atoms with Crippen LogP contribution < -0.4 is 16.8 Å². The third kappa shape index (κ3) is 65.8. The van der Waals surface area contributed by atoms with Gasteiger partial charge in [0.2, 0.25) is 0 Å². The van der Waals surface area contributed by atoms with Crippen LogP contribution >= 0.6 is 24.4 Å². The fourth-order valence-corrected chi connectivity index (χ4v) is 0.579. The van der Waals surface area contributed by atoms with Crippen LogP contribution in [0.2, 0.25) is 0 Å². The van der Waals surface area contributed by atoms with Gasteiger partial charge in [0.05, 0.1) is 0 Å². The van der Waals surface area contributed by atoms with Crippen LogP contribution in [-0.2, 0) is 16.8 Å². The third-order valence-electron chi connectivity index (χ3n) is 1.12. The molecule has 0 saturated carbocycles. The van der Waals surface area contributed by atoms with E-state index >= 15 is 0 Å².